The number of methoxy groups -OCH3 is 2. The smallest absolute Gasteiger partial charge is 0.338 e. The number of benzene rings is 3. The molecule has 7 nitrogen and oxygen atoms in total. The molecule has 4 aromatic rings. The Balaban J connectivity index is 1.61. The summed E-state index contributed by atoms with van der Waals surface area (Å²) in [6.07, 6.45) is 1.74. The molecule has 0 fully saturated rings. The number of thiazole rings is 1. The van der Waals surface area contributed by atoms with Crippen LogP contribution < -0.4 is 24.4 Å². The Kier molecular flexibility index (Phi) is 7.42. The van der Waals surface area contributed by atoms with Crippen molar-refractivity contribution in [3.05, 3.63) is 126 Å². The molecule has 198 valence electrons. The highest BCUT2D eigenvalue weighted by Gasteiger charge is 2.33. The van der Waals surface area contributed by atoms with Gasteiger partial charge >= 0.3 is 5.97 Å². The largest absolute Gasteiger partial charge is 0.493 e. The third-order valence-corrected chi connectivity index (χ3v) is 7.33. The third-order valence-electron chi connectivity index (χ3n) is 6.35. The molecule has 1 aliphatic rings. The lowest BCUT2D eigenvalue weighted by Crippen LogP contribution is -2.39. The van der Waals surface area contributed by atoms with Crippen LogP contribution in [0.15, 0.2) is 93.9 Å². The Bertz CT molecular complexity index is 1740. The van der Waals surface area contributed by atoms with Crippen LogP contribution in [0.4, 0.5) is 4.39 Å². The first-order valence-electron chi connectivity index (χ1n) is 12.1. The summed E-state index contributed by atoms with van der Waals surface area (Å²) in [5.74, 6) is 0.0846. The predicted octanol–water partition coefficient (Wildman–Crippen LogP) is 4.13. The van der Waals surface area contributed by atoms with Gasteiger partial charge < -0.3 is 14.2 Å². The molecule has 0 radical (unpaired) electrons. The molecule has 3 aromatic carbocycles. The predicted molar refractivity (Wildman–Crippen MR) is 146 cm³/mol. The molecule has 1 aliphatic heterocycles. The molecular formula is C30H25FN2O5S. The van der Waals surface area contributed by atoms with Crippen molar-refractivity contribution < 1.29 is 23.4 Å². The molecule has 0 N–H and O–H groups in total. The minimum absolute atomic E-state index is 0.0658. The zero-order valence-corrected chi connectivity index (χ0v) is 22.3. The number of hydrogen-bond acceptors (Lipinski definition) is 7. The summed E-state index contributed by atoms with van der Waals surface area (Å²) < 4.78 is 32.0. The summed E-state index contributed by atoms with van der Waals surface area (Å²) >= 11 is 1.21. The number of carbonyl (C=O) groups is 1. The van der Waals surface area contributed by atoms with Crippen LogP contribution in [0.25, 0.3) is 6.08 Å². The lowest BCUT2D eigenvalue weighted by atomic mass is 9.96. The van der Waals surface area contributed by atoms with Crippen LogP contribution in [-0.2, 0) is 16.1 Å². The summed E-state index contributed by atoms with van der Waals surface area (Å²) in [6.45, 7) is 1.78. The summed E-state index contributed by atoms with van der Waals surface area (Å²) in [6, 6.07) is 19.6. The third kappa shape index (κ3) is 5.26. The van der Waals surface area contributed by atoms with E-state index in [0.717, 1.165) is 11.1 Å². The van der Waals surface area contributed by atoms with E-state index in [1.54, 1.807) is 51.5 Å². The van der Waals surface area contributed by atoms with E-state index in [1.165, 1.54) is 28.0 Å². The first-order chi connectivity index (χ1) is 18.9. The molecule has 1 aromatic heterocycles. The zero-order chi connectivity index (χ0) is 27.5. The van der Waals surface area contributed by atoms with Crippen LogP contribution in [0.3, 0.4) is 0 Å². The van der Waals surface area contributed by atoms with Gasteiger partial charge in [0.1, 0.15) is 12.4 Å². The van der Waals surface area contributed by atoms with Crippen molar-refractivity contribution in [2.45, 2.75) is 19.6 Å². The van der Waals surface area contributed by atoms with Crippen molar-refractivity contribution in [1.82, 2.24) is 4.57 Å². The maximum absolute atomic E-state index is 13.8. The molecule has 0 saturated carbocycles. The highest BCUT2D eigenvalue weighted by Crippen LogP contribution is 2.31. The molecule has 9 heteroatoms. The van der Waals surface area contributed by atoms with Gasteiger partial charge in [0.05, 0.1) is 36.1 Å². The number of allylic oxidation sites excluding steroid dienone is 1. The second-order valence-electron chi connectivity index (χ2n) is 8.81. The van der Waals surface area contributed by atoms with Crippen molar-refractivity contribution in [2.75, 3.05) is 14.2 Å². The number of aromatic nitrogens is 1. The number of fused-ring (bicyclic) bond motifs is 1. The Morgan fingerprint density at radius 3 is 2.44 bits per heavy atom. The number of esters is 1. The fourth-order valence-electron chi connectivity index (χ4n) is 4.44. The highest BCUT2D eigenvalue weighted by molar-refractivity contribution is 7.07. The molecule has 0 aliphatic carbocycles. The second kappa shape index (κ2) is 11.1. The fraction of sp³-hybridized carbons (Fsp3) is 0.167. The summed E-state index contributed by atoms with van der Waals surface area (Å²) in [5, 5.41) is 0. The molecule has 0 unspecified atom stereocenters. The van der Waals surface area contributed by atoms with E-state index in [0.29, 0.717) is 32.1 Å². The molecule has 5 rings (SSSR count). The van der Waals surface area contributed by atoms with Gasteiger partial charge in [-0.3, -0.25) is 9.36 Å². The molecule has 0 amide bonds. The molecule has 0 spiro atoms. The van der Waals surface area contributed by atoms with Crippen molar-refractivity contribution in [3.63, 3.8) is 0 Å². The normalized spacial score (nSPS) is 15.0. The number of carbonyl (C=O) groups excluding carboxylic acids is 1. The Morgan fingerprint density at radius 1 is 1.03 bits per heavy atom. The van der Waals surface area contributed by atoms with Gasteiger partial charge in [-0.25, -0.2) is 14.2 Å². The van der Waals surface area contributed by atoms with Gasteiger partial charge in [0.25, 0.3) is 5.56 Å². The lowest BCUT2D eigenvalue weighted by molar-refractivity contribution is -0.140. The van der Waals surface area contributed by atoms with Gasteiger partial charge in [0.2, 0.25) is 0 Å². The summed E-state index contributed by atoms with van der Waals surface area (Å²) in [7, 11) is 3.09. The van der Waals surface area contributed by atoms with Crippen molar-refractivity contribution in [1.29, 1.82) is 0 Å². The second-order valence-corrected chi connectivity index (χ2v) is 9.82. The first kappa shape index (κ1) is 26.1. The van der Waals surface area contributed by atoms with E-state index >= 15 is 0 Å². The van der Waals surface area contributed by atoms with E-state index in [1.807, 2.05) is 36.4 Å². The maximum Gasteiger partial charge on any atom is 0.338 e. The van der Waals surface area contributed by atoms with E-state index in [4.69, 9.17) is 14.2 Å². The van der Waals surface area contributed by atoms with Gasteiger partial charge in [-0.15, -0.1) is 0 Å². The fourth-order valence-corrected chi connectivity index (χ4v) is 5.48. The topological polar surface area (TPSA) is 79.1 Å². The van der Waals surface area contributed by atoms with Gasteiger partial charge in [0, 0.05) is 0 Å². The number of ether oxygens (including phenoxy) is 3. The SMILES string of the molecule is COc1ccc(/C=c2\sc3n(c2=O)[C@H](c2ccc(F)cc2)C(C(=O)OCc2ccccc2)=C(C)N=3)cc1OC. The monoisotopic (exact) mass is 544 g/mol. The summed E-state index contributed by atoms with van der Waals surface area (Å²) in [4.78, 5) is 32.2. The quantitative estimate of drug-likeness (QED) is 0.327. The van der Waals surface area contributed by atoms with E-state index < -0.39 is 17.8 Å². The van der Waals surface area contributed by atoms with Gasteiger partial charge in [0.15, 0.2) is 16.3 Å². The molecule has 0 bridgehead atoms. The molecular weight excluding hydrogens is 519 g/mol. The molecule has 2 heterocycles. The molecule has 1 atom stereocenters. The van der Waals surface area contributed by atoms with Gasteiger partial charge in [-0.05, 0) is 54.0 Å². The van der Waals surface area contributed by atoms with E-state index in [-0.39, 0.29) is 17.7 Å². The zero-order valence-electron chi connectivity index (χ0n) is 21.5. The Hall–Kier alpha value is -4.50. The van der Waals surface area contributed by atoms with E-state index in [9.17, 15) is 14.0 Å². The minimum atomic E-state index is -0.835. The highest BCUT2D eigenvalue weighted by atomic mass is 32.1. The van der Waals surface area contributed by atoms with Crippen LogP contribution in [0.1, 0.15) is 29.7 Å². The van der Waals surface area contributed by atoms with Crippen LogP contribution in [0, 0.1) is 5.82 Å². The van der Waals surface area contributed by atoms with Gasteiger partial charge in [-0.1, -0.05) is 59.9 Å². The van der Waals surface area contributed by atoms with Crippen LogP contribution in [0.5, 0.6) is 11.5 Å². The summed E-state index contributed by atoms with van der Waals surface area (Å²) in [5.41, 5.74) is 2.45. The average Bonchev–Trinajstić information content (AvgIpc) is 3.25. The van der Waals surface area contributed by atoms with Crippen LogP contribution in [-0.4, -0.2) is 24.8 Å². The minimum Gasteiger partial charge on any atom is -0.493 e. The van der Waals surface area contributed by atoms with Crippen molar-refractivity contribution >= 4 is 23.4 Å². The first-order valence-corrected chi connectivity index (χ1v) is 12.9. The van der Waals surface area contributed by atoms with E-state index in [2.05, 4.69) is 4.99 Å². The number of nitrogens with zero attached hydrogens (tertiary/aromatic N) is 2. The number of rotatable bonds is 7. The van der Waals surface area contributed by atoms with Crippen LogP contribution in [0.2, 0.25) is 0 Å². The van der Waals surface area contributed by atoms with Crippen LogP contribution >= 0.6 is 11.3 Å². The number of hydrogen-bond donors (Lipinski definition) is 0. The Labute approximate surface area is 227 Å². The van der Waals surface area contributed by atoms with Gasteiger partial charge in [-0.2, -0.15) is 0 Å². The van der Waals surface area contributed by atoms with Crippen molar-refractivity contribution in [2.24, 2.45) is 4.99 Å². The maximum atomic E-state index is 13.8. The number of halogens is 1. The molecule has 0 saturated heterocycles. The standard InChI is InChI=1S/C30H25FN2O5S/c1-18-26(29(35)38-17-19-7-5-4-6-8-19)27(21-10-12-22(31)13-11-21)33-28(34)25(39-30(33)32-18)16-20-9-14-23(36-2)24(15-20)37-3/h4-16,27H,17H2,1-3H3/b25-16-/t27-/m1/s1. The molecule has 39 heavy (non-hydrogen) atoms. The Morgan fingerprint density at radius 2 is 1.74 bits per heavy atom. The average molecular weight is 545 g/mol. The lowest BCUT2D eigenvalue weighted by Gasteiger charge is -2.24. The van der Waals surface area contributed by atoms with Crippen molar-refractivity contribution in [3.8, 4) is 11.5 Å².